The standard InChI is InChI=1S/C20H23ClN2O6S/c1-13(24)23-8-9-29-18-12-20(15(21)11-16(18)23)30(25,26)22-7-6-14-4-5-17(27-2)19(10-14)28-3/h4-5,10-12,22H,6-9H2,1-3H3. The molecule has 0 aliphatic carbocycles. The summed E-state index contributed by atoms with van der Waals surface area (Å²) in [6.45, 7) is 2.25. The lowest BCUT2D eigenvalue weighted by atomic mass is 10.1. The molecule has 1 heterocycles. The average molecular weight is 455 g/mol. The lowest BCUT2D eigenvalue weighted by Gasteiger charge is -2.29. The van der Waals surface area contributed by atoms with Gasteiger partial charge in [0.2, 0.25) is 15.9 Å². The Morgan fingerprint density at radius 3 is 2.60 bits per heavy atom. The summed E-state index contributed by atoms with van der Waals surface area (Å²) < 4.78 is 44.1. The second kappa shape index (κ2) is 9.11. The number of hydrogen-bond donors (Lipinski definition) is 1. The van der Waals surface area contributed by atoms with Crippen molar-refractivity contribution in [1.82, 2.24) is 4.72 Å². The van der Waals surface area contributed by atoms with Crippen LogP contribution in [0.3, 0.4) is 0 Å². The van der Waals surface area contributed by atoms with E-state index < -0.39 is 10.0 Å². The van der Waals surface area contributed by atoms with Crippen LogP contribution in [-0.4, -0.2) is 48.2 Å². The number of halogens is 1. The minimum absolute atomic E-state index is 0.0177. The van der Waals surface area contributed by atoms with Gasteiger partial charge in [0.05, 0.1) is 31.5 Å². The van der Waals surface area contributed by atoms with Crippen LogP contribution in [0.25, 0.3) is 0 Å². The van der Waals surface area contributed by atoms with Crippen LogP contribution in [0.5, 0.6) is 17.2 Å². The fourth-order valence-electron chi connectivity index (χ4n) is 3.19. The predicted molar refractivity (Wildman–Crippen MR) is 113 cm³/mol. The van der Waals surface area contributed by atoms with E-state index in [-0.39, 0.29) is 29.0 Å². The van der Waals surface area contributed by atoms with E-state index in [1.54, 1.807) is 19.2 Å². The Morgan fingerprint density at radius 1 is 1.20 bits per heavy atom. The van der Waals surface area contributed by atoms with Crippen LogP contribution in [0, 0.1) is 0 Å². The molecule has 3 rings (SSSR count). The average Bonchev–Trinajstić information content (AvgIpc) is 2.72. The van der Waals surface area contributed by atoms with E-state index in [2.05, 4.69) is 4.72 Å². The van der Waals surface area contributed by atoms with Gasteiger partial charge in [-0.3, -0.25) is 4.79 Å². The van der Waals surface area contributed by atoms with Crippen molar-refractivity contribution >= 4 is 33.2 Å². The zero-order valence-electron chi connectivity index (χ0n) is 16.9. The van der Waals surface area contributed by atoms with Gasteiger partial charge >= 0.3 is 0 Å². The molecule has 2 aromatic carbocycles. The number of ether oxygens (including phenoxy) is 3. The molecule has 0 radical (unpaired) electrons. The second-order valence-corrected chi connectivity index (χ2v) is 8.75. The van der Waals surface area contributed by atoms with Gasteiger partial charge in [-0.25, -0.2) is 13.1 Å². The highest BCUT2D eigenvalue weighted by atomic mass is 35.5. The number of anilines is 1. The first-order chi connectivity index (χ1) is 14.3. The molecule has 0 bridgehead atoms. The normalized spacial score (nSPS) is 13.4. The monoisotopic (exact) mass is 454 g/mol. The Labute approximate surface area is 180 Å². The highest BCUT2D eigenvalue weighted by Gasteiger charge is 2.27. The zero-order chi connectivity index (χ0) is 21.9. The number of hydrogen-bond acceptors (Lipinski definition) is 6. The van der Waals surface area contributed by atoms with Crippen LogP contribution < -0.4 is 23.8 Å². The molecule has 8 nitrogen and oxygen atoms in total. The summed E-state index contributed by atoms with van der Waals surface area (Å²) in [6.07, 6.45) is 0.441. The largest absolute Gasteiger partial charge is 0.493 e. The number of nitrogens with zero attached hydrogens (tertiary/aromatic N) is 1. The van der Waals surface area contributed by atoms with Gasteiger partial charge in [0.15, 0.2) is 11.5 Å². The number of sulfonamides is 1. The summed E-state index contributed by atoms with van der Waals surface area (Å²) in [7, 11) is -0.794. The lowest BCUT2D eigenvalue weighted by molar-refractivity contribution is -0.116. The molecular formula is C20H23ClN2O6S. The smallest absolute Gasteiger partial charge is 0.242 e. The number of amides is 1. The number of nitrogens with one attached hydrogen (secondary N) is 1. The van der Waals surface area contributed by atoms with Gasteiger partial charge in [0, 0.05) is 19.5 Å². The third-order valence-electron chi connectivity index (χ3n) is 4.70. The van der Waals surface area contributed by atoms with E-state index in [1.807, 2.05) is 6.07 Å². The summed E-state index contributed by atoms with van der Waals surface area (Å²) >= 11 is 6.24. The second-order valence-electron chi connectivity index (χ2n) is 6.61. The highest BCUT2D eigenvalue weighted by Crippen LogP contribution is 2.38. The molecule has 1 aliphatic heterocycles. The quantitative estimate of drug-likeness (QED) is 0.691. The first kappa shape index (κ1) is 22.2. The minimum Gasteiger partial charge on any atom is -0.493 e. The molecule has 1 amide bonds. The van der Waals surface area contributed by atoms with E-state index in [0.29, 0.717) is 35.9 Å². The molecule has 0 saturated carbocycles. The number of carbonyl (C=O) groups is 1. The molecule has 0 spiro atoms. The number of methoxy groups -OCH3 is 2. The fourth-order valence-corrected chi connectivity index (χ4v) is 4.76. The van der Waals surface area contributed by atoms with Crippen LogP contribution in [0.15, 0.2) is 35.2 Å². The van der Waals surface area contributed by atoms with Crippen molar-refractivity contribution in [3.05, 3.63) is 40.9 Å². The van der Waals surface area contributed by atoms with Crippen LogP contribution in [0.2, 0.25) is 5.02 Å². The Balaban J connectivity index is 1.75. The number of rotatable bonds is 7. The molecule has 0 atom stereocenters. The zero-order valence-corrected chi connectivity index (χ0v) is 18.5. The molecule has 10 heteroatoms. The number of fused-ring (bicyclic) bond motifs is 1. The SMILES string of the molecule is COc1ccc(CCNS(=O)(=O)c2cc3c(cc2Cl)N(C(C)=O)CCO3)cc1OC. The van der Waals surface area contributed by atoms with Crippen molar-refractivity contribution in [3.8, 4) is 17.2 Å². The number of benzene rings is 2. The van der Waals surface area contributed by atoms with Gasteiger partial charge < -0.3 is 19.1 Å². The van der Waals surface area contributed by atoms with Crippen molar-refractivity contribution in [2.24, 2.45) is 0 Å². The molecule has 0 fully saturated rings. The maximum Gasteiger partial charge on any atom is 0.242 e. The van der Waals surface area contributed by atoms with E-state index in [4.69, 9.17) is 25.8 Å². The van der Waals surface area contributed by atoms with E-state index in [0.717, 1.165) is 5.56 Å². The van der Waals surface area contributed by atoms with Crippen LogP contribution in [-0.2, 0) is 21.2 Å². The lowest BCUT2D eigenvalue weighted by Crippen LogP contribution is -2.36. The van der Waals surface area contributed by atoms with Crippen molar-refractivity contribution in [1.29, 1.82) is 0 Å². The van der Waals surface area contributed by atoms with Crippen molar-refractivity contribution in [2.45, 2.75) is 18.2 Å². The Hall–Kier alpha value is -2.49. The summed E-state index contributed by atoms with van der Waals surface area (Å²) in [5.74, 6) is 1.31. The topological polar surface area (TPSA) is 94.2 Å². The molecule has 30 heavy (non-hydrogen) atoms. The number of carbonyl (C=O) groups excluding carboxylic acids is 1. The minimum atomic E-state index is -3.88. The first-order valence-electron chi connectivity index (χ1n) is 9.22. The van der Waals surface area contributed by atoms with Gasteiger partial charge in [0.1, 0.15) is 17.3 Å². The summed E-state index contributed by atoms with van der Waals surface area (Å²) in [4.78, 5) is 13.2. The molecule has 2 aromatic rings. The Morgan fingerprint density at radius 2 is 1.93 bits per heavy atom. The van der Waals surface area contributed by atoms with Gasteiger partial charge in [-0.15, -0.1) is 0 Å². The molecule has 0 unspecified atom stereocenters. The molecule has 162 valence electrons. The van der Waals surface area contributed by atoms with Crippen LogP contribution in [0.1, 0.15) is 12.5 Å². The maximum atomic E-state index is 12.8. The van der Waals surface area contributed by atoms with E-state index in [9.17, 15) is 13.2 Å². The summed E-state index contributed by atoms with van der Waals surface area (Å²) in [5.41, 5.74) is 1.34. The molecule has 0 saturated heterocycles. The van der Waals surface area contributed by atoms with Gasteiger partial charge in [-0.05, 0) is 30.2 Å². The molecule has 1 aliphatic rings. The van der Waals surface area contributed by atoms with Crippen molar-refractivity contribution in [3.63, 3.8) is 0 Å². The van der Waals surface area contributed by atoms with Gasteiger partial charge in [-0.2, -0.15) is 0 Å². The van der Waals surface area contributed by atoms with Crippen molar-refractivity contribution in [2.75, 3.05) is 38.8 Å². The third kappa shape index (κ3) is 4.63. The summed E-state index contributed by atoms with van der Waals surface area (Å²) in [5, 5.41) is 0.0177. The molecule has 0 aromatic heterocycles. The fraction of sp³-hybridized carbons (Fsp3) is 0.350. The first-order valence-corrected chi connectivity index (χ1v) is 11.1. The van der Waals surface area contributed by atoms with Gasteiger partial charge in [0.25, 0.3) is 0 Å². The van der Waals surface area contributed by atoms with E-state index in [1.165, 1.54) is 31.1 Å². The summed E-state index contributed by atoms with van der Waals surface area (Å²) in [6, 6.07) is 8.20. The van der Waals surface area contributed by atoms with Crippen molar-refractivity contribution < 1.29 is 27.4 Å². The van der Waals surface area contributed by atoms with Crippen LogP contribution >= 0.6 is 11.6 Å². The third-order valence-corrected chi connectivity index (χ3v) is 6.63. The molecule has 1 N–H and O–H groups in total. The molecular weight excluding hydrogens is 432 g/mol. The Bertz CT molecular complexity index is 1060. The van der Waals surface area contributed by atoms with Crippen LogP contribution in [0.4, 0.5) is 5.69 Å². The van der Waals surface area contributed by atoms with E-state index >= 15 is 0 Å². The highest BCUT2D eigenvalue weighted by molar-refractivity contribution is 7.89. The van der Waals surface area contributed by atoms with Gasteiger partial charge in [-0.1, -0.05) is 17.7 Å². The Kier molecular flexibility index (Phi) is 6.74. The maximum absolute atomic E-state index is 12.8. The predicted octanol–water partition coefficient (Wildman–Crippen LogP) is 2.62.